The fourth-order valence-electron chi connectivity index (χ4n) is 5.04. The lowest BCUT2D eigenvalue weighted by Gasteiger charge is -2.43. The van der Waals surface area contributed by atoms with Crippen molar-refractivity contribution >= 4 is 11.6 Å². The van der Waals surface area contributed by atoms with Crippen LogP contribution in [0.4, 0.5) is 0 Å². The van der Waals surface area contributed by atoms with Gasteiger partial charge in [-0.15, -0.1) is 0 Å². The van der Waals surface area contributed by atoms with E-state index in [-0.39, 0.29) is 5.60 Å². The number of β-amino-alcohol motifs (C(OH)–C–C–N with tert-alkyl or cyclic N) is 1. The summed E-state index contributed by atoms with van der Waals surface area (Å²) in [5.41, 5.74) is 4.75. The van der Waals surface area contributed by atoms with Crippen molar-refractivity contribution < 1.29 is 14.9 Å². The smallest absolute Gasteiger partial charge is 0.127 e. The standard InChI is InChI=1S/C26H35ClN2O3/c1-17-18(2)25-22(19(3)24(17)31)9-10-26(4,32-25)16-29-13-11-28(12-14-29)15-23(30)20-5-7-21(27)8-6-20/h5-8,23,30-31H,9-16H2,1-4H3. The number of ether oxygens (including phenoxy) is 1. The van der Waals surface area contributed by atoms with E-state index >= 15 is 0 Å². The van der Waals surface area contributed by atoms with Gasteiger partial charge in [0.25, 0.3) is 0 Å². The molecule has 0 aromatic heterocycles. The first-order valence-corrected chi connectivity index (χ1v) is 11.9. The number of phenolic OH excluding ortho intramolecular Hbond substituents is 1. The van der Waals surface area contributed by atoms with Crippen LogP contribution in [0.25, 0.3) is 0 Å². The van der Waals surface area contributed by atoms with Crippen LogP contribution >= 0.6 is 11.6 Å². The Morgan fingerprint density at radius 1 is 1.00 bits per heavy atom. The largest absolute Gasteiger partial charge is 0.507 e. The van der Waals surface area contributed by atoms with Crippen molar-refractivity contribution in [2.75, 3.05) is 39.3 Å². The predicted octanol–water partition coefficient (Wildman–Crippen LogP) is 4.41. The average molecular weight is 459 g/mol. The Morgan fingerprint density at radius 2 is 1.62 bits per heavy atom. The first kappa shape index (κ1) is 23.4. The lowest BCUT2D eigenvalue weighted by atomic mass is 9.86. The minimum atomic E-state index is -0.500. The molecule has 2 aliphatic heterocycles. The third-order valence-corrected chi connectivity index (χ3v) is 7.55. The summed E-state index contributed by atoms with van der Waals surface area (Å²) in [5, 5.41) is 21.7. The zero-order chi connectivity index (χ0) is 23.0. The topological polar surface area (TPSA) is 56.2 Å². The monoisotopic (exact) mass is 458 g/mol. The van der Waals surface area contributed by atoms with Gasteiger partial charge in [-0.1, -0.05) is 23.7 Å². The van der Waals surface area contributed by atoms with E-state index in [1.165, 1.54) is 0 Å². The second-order valence-electron chi connectivity index (χ2n) is 9.73. The number of hydrogen-bond donors (Lipinski definition) is 2. The van der Waals surface area contributed by atoms with Crippen LogP contribution in [0.5, 0.6) is 11.5 Å². The number of phenols is 1. The second-order valence-corrected chi connectivity index (χ2v) is 10.2. The molecule has 2 atom stereocenters. The van der Waals surface area contributed by atoms with E-state index in [4.69, 9.17) is 16.3 Å². The van der Waals surface area contributed by atoms with Crippen LogP contribution in [0, 0.1) is 20.8 Å². The Labute approximate surface area is 196 Å². The molecule has 0 spiro atoms. The molecule has 6 heteroatoms. The molecule has 1 saturated heterocycles. The van der Waals surface area contributed by atoms with Gasteiger partial charge < -0.3 is 14.9 Å². The molecule has 2 N–H and O–H groups in total. The third-order valence-electron chi connectivity index (χ3n) is 7.30. The Hall–Kier alpha value is -1.79. The molecule has 0 saturated carbocycles. The summed E-state index contributed by atoms with van der Waals surface area (Å²) in [6, 6.07) is 7.45. The summed E-state index contributed by atoms with van der Waals surface area (Å²) in [6.07, 6.45) is 1.37. The van der Waals surface area contributed by atoms with Crippen molar-refractivity contribution in [1.82, 2.24) is 9.80 Å². The summed E-state index contributed by atoms with van der Waals surface area (Å²) < 4.78 is 6.61. The van der Waals surface area contributed by atoms with Crippen LogP contribution in [0.15, 0.2) is 24.3 Å². The van der Waals surface area contributed by atoms with Gasteiger partial charge in [0.1, 0.15) is 17.1 Å². The van der Waals surface area contributed by atoms with Crippen LogP contribution < -0.4 is 4.74 Å². The number of aliphatic hydroxyl groups excluding tert-OH is 1. The molecule has 0 aliphatic carbocycles. The molecule has 2 aromatic carbocycles. The molecule has 0 amide bonds. The van der Waals surface area contributed by atoms with Crippen LogP contribution in [0.2, 0.25) is 5.02 Å². The average Bonchev–Trinajstić information content (AvgIpc) is 2.78. The highest BCUT2D eigenvalue weighted by Gasteiger charge is 2.36. The second kappa shape index (κ2) is 9.22. The number of piperazine rings is 1. The molecule has 2 heterocycles. The first-order valence-electron chi connectivity index (χ1n) is 11.6. The number of rotatable bonds is 5. The molecular formula is C26H35ClN2O3. The molecular weight excluding hydrogens is 424 g/mol. The highest BCUT2D eigenvalue weighted by atomic mass is 35.5. The maximum atomic E-state index is 10.6. The third kappa shape index (κ3) is 4.76. The zero-order valence-electron chi connectivity index (χ0n) is 19.6. The number of halogens is 1. The fraction of sp³-hybridized carbons (Fsp3) is 0.538. The molecule has 32 heavy (non-hydrogen) atoms. The predicted molar refractivity (Wildman–Crippen MR) is 129 cm³/mol. The van der Waals surface area contributed by atoms with Crippen molar-refractivity contribution in [2.45, 2.75) is 52.2 Å². The molecule has 1 fully saturated rings. The van der Waals surface area contributed by atoms with Gasteiger partial charge in [0, 0.05) is 49.9 Å². The number of aromatic hydroxyl groups is 1. The van der Waals surface area contributed by atoms with Crippen molar-refractivity contribution in [3.63, 3.8) is 0 Å². The van der Waals surface area contributed by atoms with Gasteiger partial charge in [-0.3, -0.25) is 9.80 Å². The molecule has 0 radical (unpaired) electrons. The Kier molecular flexibility index (Phi) is 6.73. The quantitative estimate of drug-likeness (QED) is 0.695. The molecule has 2 unspecified atom stereocenters. The number of hydrogen-bond acceptors (Lipinski definition) is 5. The molecule has 2 aromatic rings. The molecule has 174 valence electrons. The van der Waals surface area contributed by atoms with Crippen molar-refractivity contribution in [2.24, 2.45) is 0 Å². The lowest BCUT2D eigenvalue weighted by molar-refractivity contribution is 0.00227. The maximum Gasteiger partial charge on any atom is 0.127 e. The number of fused-ring (bicyclic) bond motifs is 1. The van der Waals surface area contributed by atoms with Crippen LogP contribution in [-0.4, -0.2) is 64.9 Å². The summed E-state index contributed by atoms with van der Waals surface area (Å²) in [4.78, 5) is 4.81. The van der Waals surface area contributed by atoms with Crippen LogP contribution in [0.1, 0.15) is 47.3 Å². The number of aliphatic hydroxyl groups is 1. The lowest BCUT2D eigenvalue weighted by Crippen LogP contribution is -2.54. The molecule has 2 aliphatic rings. The van der Waals surface area contributed by atoms with Gasteiger partial charge in [0.15, 0.2) is 0 Å². The maximum absolute atomic E-state index is 10.6. The highest BCUT2D eigenvalue weighted by molar-refractivity contribution is 6.30. The van der Waals surface area contributed by atoms with E-state index in [1.54, 1.807) is 0 Å². The van der Waals surface area contributed by atoms with Crippen molar-refractivity contribution in [3.05, 3.63) is 57.1 Å². The van der Waals surface area contributed by atoms with E-state index in [0.717, 1.165) is 79.1 Å². The summed E-state index contributed by atoms with van der Waals surface area (Å²) >= 11 is 5.96. The Morgan fingerprint density at radius 3 is 2.28 bits per heavy atom. The van der Waals surface area contributed by atoms with Gasteiger partial charge in [-0.05, 0) is 74.9 Å². The number of nitrogens with zero attached hydrogens (tertiary/aromatic N) is 2. The summed E-state index contributed by atoms with van der Waals surface area (Å²) in [6.45, 7) is 13.5. The fourth-order valence-corrected chi connectivity index (χ4v) is 5.17. The Bertz CT molecular complexity index is 970. The van der Waals surface area contributed by atoms with Crippen molar-refractivity contribution in [3.8, 4) is 11.5 Å². The first-order chi connectivity index (χ1) is 15.2. The highest BCUT2D eigenvalue weighted by Crippen LogP contribution is 2.43. The van der Waals surface area contributed by atoms with E-state index in [0.29, 0.717) is 17.3 Å². The SMILES string of the molecule is Cc1c(C)c2c(c(C)c1O)CCC(C)(CN1CCN(CC(O)c3ccc(Cl)cc3)CC1)O2. The summed E-state index contributed by atoms with van der Waals surface area (Å²) in [7, 11) is 0. The van der Waals surface area contributed by atoms with E-state index < -0.39 is 6.10 Å². The van der Waals surface area contributed by atoms with Crippen molar-refractivity contribution in [1.29, 1.82) is 0 Å². The summed E-state index contributed by atoms with van der Waals surface area (Å²) in [5.74, 6) is 1.38. The van der Waals surface area contributed by atoms with Gasteiger partial charge in [0.2, 0.25) is 0 Å². The van der Waals surface area contributed by atoms with Crippen LogP contribution in [0.3, 0.4) is 0 Å². The van der Waals surface area contributed by atoms with E-state index in [1.807, 2.05) is 45.0 Å². The van der Waals surface area contributed by atoms with Gasteiger partial charge in [0.05, 0.1) is 6.10 Å². The minimum absolute atomic E-state index is 0.237. The molecule has 0 bridgehead atoms. The minimum Gasteiger partial charge on any atom is -0.507 e. The molecule has 5 nitrogen and oxygen atoms in total. The normalized spacial score (nSPS) is 22.9. The van der Waals surface area contributed by atoms with Gasteiger partial charge in [-0.2, -0.15) is 0 Å². The number of benzene rings is 2. The van der Waals surface area contributed by atoms with Crippen LogP contribution in [-0.2, 0) is 6.42 Å². The van der Waals surface area contributed by atoms with Gasteiger partial charge >= 0.3 is 0 Å². The molecule has 4 rings (SSSR count). The van der Waals surface area contributed by atoms with E-state index in [2.05, 4.69) is 16.7 Å². The zero-order valence-corrected chi connectivity index (χ0v) is 20.4. The van der Waals surface area contributed by atoms with E-state index in [9.17, 15) is 10.2 Å². The van der Waals surface area contributed by atoms with Gasteiger partial charge in [-0.25, -0.2) is 0 Å². The Balaban J connectivity index is 1.34.